The van der Waals surface area contributed by atoms with Crippen molar-refractivity contribution in [2.75, 3.05) is 10.8 Å². The first-order chi connectivity index (χ1) is 16.2. The van der Waals surface area contributed by atoms with E-state index in [4.69, 9.17) is 21.4 Å². The van der Waals surface area contributed by atoms with Crippen molar-refractivity contribution in [3.8, 4) is 11.5 Å². The molecule has 0 saturated heterocycles. The first-order valence-electron chi connectivity index (χ1n) is 10.3. The van der Waals surface area contributed by atoms with Gasteiger partial charge >= 0.3 is 5.97 Å². The summed E-state index contributed by atoms with van der Waals surface area (Å²) in [5.41, 5.74) is 2.13. The Bertz CT molecular complexity index is 1230. The van der Waals surface area contributed by atoms with Crippen molar-refractivity contribution >= 4 is 46.1 Å². The Morgan fingerprint density at radius 2 is 1.76 bits per heavy atom. The molecule has 0 heterocycles. The zero-order chi connectivity index (χ0) is 24.8. The van der Waals surface area contributed by atoms with Gasteiger partial charge in [0.2, 0.25) is 0 Å². The first kappa shape index (κ1) is 25.2. The van der Waals surface area contributed by atoms with E-state index in [1.165, 1.54) is 30.3 Å². The third-order valence-corrected chi connectivity index (χ3v) is 5.77. The van der Waals surface area contributed by atoms with E-state index in [0.717, 1.165) is 9.87 Å². The molecule has 178 valence electrons. The number of benzene rings is 3. The molecule has 0 aliphatic rings. The van der Waals surface area contributed by atoms with Crippen molar-refractivity contribution in [1.29, 1.82) is 0 Å². The predicted octanol–water partition coefficient (Wildman–Crippen LogP) is 4.75. The van der Waals surface area contributed by atoms with E-state index in [1.54, 1.807) is 37.3 Å². The van der Waals surface area contributed by atoms with E-state index in [1.807, 2.05) is 6.92 Å². The van der Waals surface area contributed by atoms with Gasteiger partial charge in [0.05, 0.1) is 34.1 Å². The fraction of sp³-hybridized carbons (Fsp3) is 0.167. The fourth-order valence-corrected chi connectivity index (χ4v) is 4.02. The Morgan fingerprint density at radius 3 is 2.35 bits per heavy atom. The quantitative estimate of drug-likeness (QED) is 0.408. The van der Waals surface area contributed by atoms with Crippen molar-refractivity contribution < 1.29 is 28.2 Å². The topological polar surface area (TPSA) is 119 Å². The summed E-state index contributed by atoms with van der Waals surface area (Å²) in [6.45, 7) is 4.06. The van der Waals surface area contributed by atoms with Crippen molar-refractivity contribution in [2.24, 2.45) is 0 Å². The summed E-state index contributed by atoms with van der Waals surface area (Å²) in [5.74, 6) is -1.04. The number of carbonyl (C=O) groups excluding carboxylic acids is 1. The molecule has 8 nitrogen and oxygen atoms in total. The minimum absolute atomic E-state index is 0.103. The van der Waals surface area contributed by atoms with Crippen LogP contribution >= 0.6 is 11.6 Å². The van der Waals surface area contributed by atoms with E-state index >= 15 is 0 Å². The highest BCUT2D eigenvalue weighted by Crippen LogP contribution is 2.40. The third kappa shape index (κ3) is 6.13. The van der Waals surface area contributed by atoms with Crippen molar-refractivity contribution in [1.82, 2.24) is 5.32 Å². The van der Waals surface area contributed by atoms with Gasteiger partial charge in [-0.05, 0) is 61.9 Å². The van der Waals surface area contributed by atoms with Gasteiger partial charge < -0.3 is 19.7 Å². The zero-order valence-corrected chi connectivity index (χ0v) is 20.0. The molecule has 0 bridgehead atoms. The van der Waals surface area contributed by atoms with Crippen LogP contribution in [0, 0.1) is 6.92 Å². The maximum absolute atomic E-state index is 12.4. The van der Waals surface area contributed by atoms with Gasteiger partial charge in [-0.3, -0.25) is 18.1 Å². The number of carboxylic acids is 1. The molecular formula is C24H22ClN2O6S-. The molecule has 1 atom stereocenters. The molecule has 0 aliphatic carbocycles. The molecule has 0 spiro atoms. The molecule has 3 aromatic rings. The highest BCUT2D eigenvalue weighted by atomic mass is 35.5. The Morgan fingerprint density at radius 1 is 1.09 bits per heavy atom. The zero-order valence-electron chi connectivity index (χ0n) is 18.4. The minimum atomic E-state index is -2.75. The van der Waals surface area contributed by atoms with Crippen LogP contribution in [-0.2, 0) is 22.5 Å². The van der Waals surface area contributed by atoms with Crippen LogP contribution in [0.15, 0.2) is 60.7 Å². The Hall–Kier alpha value is -3.40. The molecule has 0 radical (unpaired) electrons. The average Bonchev–Trinajstić information content (AvgIpc) is 2.77. The Kier molecular flexibility index (Phi) is 8.27. The van der Waals surface area contributed by atoms with E-state index < -0.39 is 17.2 Å². The molecule has 2 N–H and O–H groups in total. The van der Waals surface area contributed by atoms with Gasteiger partial charge in [-0.15, -0.1) is 0 Å². The summed E-state index contributed by atoms with van der Waals surface area (Å²) in [6, 6.07) is 15.8. The molecule has 3 aromatic carbocycles. The summed E-state index contributed by atoms with van der Waals surface area (Å²) < 4.78 is 31.6. The summed E-state index contributed by atoms with van der Waals surface area (Å²) in [5, 5.41) is 11.8. The van der Waals surface area contributed by atoms with Crippen LogP contribution in [0.2, 0.25) is 5.02 Å². The van der Waals surface area contributed by atoms with Gasteiger partial charge in [-0.2, -0.15) is 0 Å². The molecule has 0 aliphatic heterocycles. The molecule has 34 heavy (non-hydrogen) atoms. The van der Waals surface area contributed by atoms with Crippen LogP contribution in [0.3, 0.4) is 0 Å². The van der Waals surface area contributed by atoms with E-state index in [9.17, 15) is 18.4 Å². The third-order valence-electron chi connectivity index (χ3n) is 4.77. The number of carboxylic acid groups (broad SMARTS) is 1. The Balaban J connectivity index is 2.09. The largest absolute Gasteiger partial charge is 0.755 e. The molecule has 0 saturated carbocycles. The number of aryl methyl sites for hydroxylation is 1. The number of rotatable bonds is 9. The van der Waals surface area contributed by atoms with Crippen molar-refractivity contribution in [2.45, 2.75) is 20.3 Å². The van der Waals surface area contributed by atoms with Gasteiger partial charge in [0.1, 0.15) is 5.75 Å². The molecular weight excluding hydrogens is 480 g/mol. The van der Waals surface area contributed by atoms with Crippen molar-refractivity contribution in [3.05, 3.63) is 82.4 Å². The van der Waals surface area contributed by atoms with E-state index in [0.29, 0.717) is 17.8 Å². The maximum Gasteiger partial charge on any atom is 0.307 e. The second-order valence-electron chi connectivity index (χ2n) is 7.33. The lowest BCUT2D eigenvalue weighted by Gasteiger charge is -2.28. The number of carbonyl (C=O) groups is 2. The SMILES string of the molecule is CCNC(=O)c1ccc(Oc2ccc(CC(=O)O)cc2Cl)c(N(c2ccc(C)cc2)S(=O)[O-])c1. The number of amides is 1. The van der Waals surface area contributed by atoms with E-state index in [2.05, 4.69) is 5.32 Å². The lowest BCUT2D eigenvalue weighted by molar-refractivity contribution is -0.136. The number of aliphatic carboxylic acids is 1. The number of anilines is 2. The monoisotopic (exact) mass is 501 g/mol. The Labute approximate surface area is 204 Å². The van der Waals surface area contributed by atoms with Gasteiger partial charge in [-0.25, -0.2) is 0 Å². The van der Waals surface area contributed by atoms with Crippen LogP contribution in [0.25, 0.3) is 0 Å². The second kappa shape index (κ2) is 11.1. The van der Waals surface area contributed by atoms with Gasteiger partial charge in [0, 0.05) is 12.1 Å². The first-order valence-corrected chi connectivity index (χ1v) is 11.7. The molecule has 3 rings (SSSR count). The van der Waals surface area contributed by atoms with E-state index in [-0.39, 0.29) is 40.1 Å². The van der Waals surface area contributed by atoms with Crippen LogP contribution in [0.1, 0.15) is 28.4 Å². The summed E-state index contributed by atoms with van der Waals surface area (Å²) >= 11 is 3.55. The van der Waals surface area contributed by atoms with Gasteiger partial charge in [0.25, 0.3) is 5.91 Å². The van der Waals surface area contributed by atoms with Crippen LogP contribution < -0.4 is 14.4 Å². The molecule has 1 amide bonds. The molecule has 1 unspecified atom stereocenters. The standard InChI is InChI=1S/C24H23ClN2O6S/c1-3-26-24(30)17-7-11-22(33-21-10-6-16(12-19(21)25)13-23(28)29)20(14-17)27(34(31)32)18-8-4-15(2)5-9-18/h4-12,14H,3,13H2,1-2H3,(H,26,30)(H,28,29)(H,31,32)/p-1. The molecule has 10 heteroatoms. The lowest BCUT2D eigenvalue weighted by Crippen LogP contribution is -2.24. The summed E-state index contributed by atoms with van der Waals surface area (Å²) in [7, 11) is 0. The minimum Gasteiger partial charge on any atom is -0.755 e. The maximum atomic E-state index is 12.4. The van der Waals surface area contributed by atoms with Crippen LogP contribution in [0.5, 0.6) is 11.5 Å². The number of ether oxygens (including phenoxy) is 1. The highest BCUT2D eigenvalue weighted by molar-refractivity contribution is 7.81. The van der Waals surface area contributed by atoms with Crippen molar-refractivity contribution in [3.63, 3.8) is 0 Å². The average molecular weight is 502 g/mol. The second-order valence-corrected chi connectivity index (χ2v) is 8.53. The summed E-state index contributed by atoms with van der Waals surface area (Å²) in [6.07, 6.45) is -0.206. The number of hydrogen-bond donors (Lipinski definition) is 2. The normalized spacial score (nSPS) is 11.5. The summed E-state index contributed by atoms with van der Waals surface area (Å²) in [4.78, 5) is 23.4. The number of nitrogens with zero attached hydrogens (tertiary/aromatic N) is 1. The van der Waals surface area contributed by atoms with Gasteiger partial charge in [-0.1, -0.05) is 35.4 Å². The number of halogens is 1. The van der Waals surface area contributed by atoms with Crippen LogP contribution in [-0.4, -0.2) is 32.3 Å². The predicted molar refractivity (Wildman–Crippen MR) is 130 cm³/mol. The fourth-order valence-electron chi connectivity index (χ4n) is 3.18. The van der Waals surface area contributed by atoms with Crippen LogP contribution in [0.4, 0.5) is 11.4 Å². The lowest BCUT2D eigenvalue weighted by atomic mass is 10.1. The highest BCUT2D eigenvalue weighted by Gasteiger charge is 2.20. The number of hydrogen-bond acceptors (Lipinski definition) is 5. The molecule has 0 aromatic heterocycles. The molecule has 0 fully saturated rings. The van der Waals surface area contributed by atoms with Gasteiger partial charge in [0.15, 0.2) is 5.75 Å². The number of nitrogens with one attached hydrogen (secondary N) is 1. The smallest absolute Gasteiger partial charge is 0.307 e.